The molecule has 0 aliphatic heterocycles. The van der Waals surface area contributed by atoms with Crippen molar-refractivity contribution in [3.8, 4) is 0 Å². The van der Waals surface area contributed by atoms with Crippen LogP contribution >= 0.6 is 0 Å². The van der Waals surface area contributed by atoms with Gasteiger partial charge in [-0.1, -0.05) is 18.6 Å². The number of hydrogen-bond acceptors (Lipinski definition) is 1. The summed E-state index contributed by atoms with van der Waals surface area (Å²) in [5.41, 5.74) is 0.477. The molecule has 0 bridgehead atoms. The largest absolute Gasteiger partial charge is 0.316 e. The van der Waals surface area contributed by atoms with Crippen LogP contribution in [0, 0.1) is 5.92 Å². The minimum Gasteiger partial charge on any atom is -0.316 e. The van der Waals surface area contributed by atoms with Crippen molar-refractivity contribution in [1.82, 2.24) is 5.32 Å². The van der Waals surface area contributed by atoms with Gasteiger partial charge < -0.3 is 5.32 Å². The van der Waals surface area contributed by atoms with E-state index in [0.29, 0.717) is 12.3 Å². The van der Waals surface area contributed by atoms with Gasteiger partial charge in [0, 0.05) is 6.54 Å². The van der Waals surface area contributed by atoms with Crippen LogP contribution in [0.5, 0.6) is 0 Å². The predicted molar refractivity (Wildman–Crippen MR) is 59.2 cm³/mol. The normalized spacial score (nSPS) is 32.9. The molecule has 0 aromatic heterocycles. The second kappa shape index (κ2) is 4.92. The van der Waals surface area contributed by atoms with E-state index in [-0.39, 0.29) is 0 Å². The Morgan fingerprint density at radius 1 is 1.57 bits per heavy atom. The van der Waals surface area contributed by atoms with Crippen LogP contribution in [0.4, 0.5) is 4.39 Å². The fourth-order valence-corrected chi connectivity index (χ4v) is 2.34. The zero-order valence-corrected chi connectivity index (χ0v) is 9.57. The van der Waals surface area contributed by atoms with E-state index in [0.717, 1.165) is 25.8 Å². The van der Waals surface area contributed by atoms with Gasteiger partial charge in [-0.05, 0) is 45.6 Å². The number of hydrogen-bond donors (Lipinski definition) is 1. The molecular formula is C12H22FN. The first-order chi connectivity index (χ1) is 6.59. The molecule has 0 aromatic carbocycles. The van der Waals surface area contributed by atoms with Gasteiger partial charge in [-0.2, -0.15) is 0 Å². The highest BCUT2D eigenvalue weighted by Crippen LogP contribution is 2.44. The van der Waals surface area contributed by atoms with Gasteiger partial charge in [0.1, 0.15) is 5.67 Å². The minimum absolute atomic E-state index is 0.596. The lowest BCUT2D eigenvalue weighted by Crippen LogP contribution is -2.38. The van der Waals surface area contributed by atoms with Crippen molar-refractivity contribution in [3.63, 3.8) is 0 Å². The number of alkyl halides is 1. The highest BCUT2D eigenvalue weighted by Gasteiger charge is 2.41. The molecule has 0 heterocycles. The van der Waals surface area contributed by atoms with E-state index in [1.165, 1.54) is 5.57 Å². The summed E-state index contributed by atoms with van der Waals surface area (Å²) in [4.78, 5) is 0. The number of likely N-dealkylation sites (N-methyl/N-ethyl adjacent to an activating group) is 1. The molecule has 2 heteroatoms. The summed E-state index contributed by atoms with van der Waals surface area (Å²) >= 11 is 0. The highest BCUT2D eigenvalue weighted by molar-refractivity contribution is 5.05. The first-order valence-corrected chi connectivity index (χ1v) is 5.57. The van der Waals surface area contributed by atoms with Gasteiger partial charge in [0.05, 0.1) is 0 Å². The van der Waals surface area contributed by atoms with Crippen molar-refractivity contribution in [2.24, 2.45) is 5.92 Å². The van der Waals surface area contributed by atoms with E-state index in [2.05, 4.69) is 18.3 Å². The van der Waals surface area contributed by atoms with Gasteiger partial charge in [0.2, 0.25) is 0 Å². The Balaban J connectivity index is 2.25. The number of rotatable bonds is 5. The number of allylic oxidation sites excluding steroid dienone is 1. The summed E-state index contributed by atoms with van der Waals surface area (Å²) in [7, 11) is 1.93. The third-order valence-corrected chi connectivity index (χ3v) is 3.13. The second-order valence-corrected chi connectivity index (χ2v) is 4.64. The van der Waals surface area contributed by atoms with E-state index in [1.54, 1.807) is 0 Å². The highest BCUT2D eigenvalue weighted by atomic mass is 19.1. The van der Waals surface area contributed by atoms with Crippen molar-refractivity contribution in [1.29, 1.82) is 0 Å². The minimum atomic E-state index is -0.846. The van der Waals surface area contributed by atoms with Crippen LogP contribution in [-0.2, 0) is 0 Å². The van der Waals surface area contributed by atoms with E-state index >= 15 is 0 Å². The molecule has 0 amide bonds. The van der Waals surface area contributed by atoms with Crippen LogP contribution in [0.2, 0.25) is 0 Å². The Labute approximate surface area is 86.8 Å². The third kappa shape index (κ3) is 3.09. The zero-order valence-electron chi connectivity index (χ0n) is 9.57. The topological polar surface area (TPSA) is 12.0 Å². The monoisotopic (exact) mass is 199 g/mol. The van der Waals surface area contributed by atoms with Crippen molar-refractivity contribution >= 4 is 0 Å². The zero-order chi connectivity index (χ0) is 10.6. The Morgan fingerprint density at radius 2 is 2.21 bits per heavy atom. The van der Waals surface area contributed by atoms with Gasteiger partial charge in [0.15, 0.2) is 0 Å². The molecule has 1 nitrogen and oxygen atoms in total. The van der Waals surface area contributed by atoms with Crippen molar-refractivity contribution in [2.75, 3.05) is 13.6 Å². The van der Waals surface area contributed by atoms with Gasteiger partial charge >= 0.3 is 0 Å². The van der Waals surface area contributed by atoms with Crippen LogP contribution in [0.15, 0.2) is 11.6 Å². The maximum atomic E-state index is 13.8. The summed E-state index contributed by atoms with van der Waals surface area (Å²) in [6, 6.07) is 0. The standard InChI is InChI=1S/C12H22FN/c1-4-11(9-14-3)5-6-12(13)7-10(2)8-12/h4,10,14H,5-9H2,1-3H3/b11-4-. The van der Waals surface area contributed by atoms with Crippen molar-refractivity contribution in [2.45, 2.75) is 45.2 Å². The van der Waals surface area contributed by atoms with Gasteiger partial charge in [-0.15, -0.1) is 0 Å². The molecule has 0 unspecified atom stereocenters. The maximum Gasteiger partial charge on any atom is 0.111 e. The van der Waals surface area contributed by atoms with E-state index in [1.807, 2.05) is 14.0 Å². The molecule has 0 aromatic rings. The molecule has 82 valence electrons. The van der Waals surface area contributed by atoms with Gasteiger partial charge in [0.25, 0.3) is 0 Å². The lowest BCUT2D eigenvalue weighted by atomic mass is 9.71. The van der Waals surface area contributed by atoms with Crippen LogP contribution in [0.3, 0.4) is 0 Å². The molecule has 0 atom stereocenters. The maximum absolute atomic E-state index is 13.8. The van der Waals surface area contributed by atoms with Crippen molar-refractivity contribution < 1.29 is 4.39 Å². The fourth-order valence-electron chi connectivity index (χ4n) is 2.34. The Kier molecular flexibility index (Phi) is 4.11. The van der Waals surface area contributed by atoms with Crippen LogP contribution in [0.25, 0.3) is 0 Å². The Morgan fingerprint density at radius 3 is 2.64 bits per heavy atom. The SMILES string of the molecule is C/C=C(/CCC1(F)CC(C)C1)CNC. The fraction of sp³-hybridized carbons (Fsp3) is 0.833. The first-order valence-electron chi connectivity index (χ1n) is 5.57. The molecule has 0 spiro atoms. The second-order valence-electron chi connectivity index (χ2n) is 4.64. The molecule has 0 radical (unpaired) electrons. The van der Waals surface area contributed by atoms with Crippen LogP contribution in [0.1, 0.15) is 39.5 Å². The smallest absolute Gasteiger partial charge is 0.111 e. The summed E-state index contributed by atoms with van der Waals surface area (Å²) in [5.74, 6) is 0.596. The van der Waals surface area contributed by atoms with E-state index in [9.17, 15) is 4.39 Å². The Hall–Kier alpha value is -0.370. The Bertz CT molecular complexity index is 204. The van der Waals surface area contributed by atoms with Gasteiger partial charge in [-0.3, -0.25) is 0 Å². The summed E-state index contributed by atoms with van der Waals surface area (Å²) in [5, 5.41) is 3.11. The summed E-state index contributed by atoms with van der Waals surface area (Å²) in [6.45, 7) is 5.05. The molecule has 1 saturated carbocycles. The van der Waals surface area contributed by atoms with E-state index in [4.69, 9.17) is 0 Å². The molecule has 0 saturated heterocycles. The molecule has 1 rings (SSSR count). The quantitative estimate of drug-likeness (QED) is 0.671. The lowest BCUT2D eigenvalue weighted by Gasteiger charge is -2.40. The molecule has 1 fully saturated rings. The molecular weight excluding hydrogens is 177 g/mol. The van der Waals surface area contributed by atoms with Gasteiger partial charge in [-0.25, -0.2) is 4.39 Å². The van der Waals surface area contributed by atoms with Crippen LogP contribution < -0.4 is 5.32 Å². The average Bonchev–Trinajstić information content (AvgIpc) is 2.10. The number of nitrogens with one attached hydrogen (secondary N) is 1. The molecule has 14 heavy (non-hydrogen) atoms. The van der Waals surface area contributed by atoms with Crippen molar-refractivity contribution in [3.05, 3.63) is 11.6 Å². The van der Waals surface area contributed by atoms with E-state index < -0.39 is 5.67 Å². The first kappa shape index (κ1) is 11.7. The molecule has 1 aliphatic carbocycles. The number of halogens is 1. The third-order valence-electron chi connectivity index (χ3n) is 3.13. The van der Waals surface area contributed by atoms with Crippen LogP contribution in [-0.4, -0.2) is 19.3 Å². The summed E-state index contributed by atoms with van der Waals surface area (Å²) in [6.07, 6.45) is 5.24. The molecule has 1 N–H and O–H groups in total. The lowest BCUT2D eigenvalue weighted by molar-refractivity contribution is 0.00790. The average molecular weight is 199 g/mol. The predicted octanol–water partition coefficient (Wildman–Crippen LogP) is 3.07. The molecule has 1 aliphatic rings. The summed E-state index contributed by atoms with van der Waals surface area (Å²) < 4.78 is 13.8.